The first kappa shape index (κ1) is 15.5. The van der Waals surface area contributed by atoms with Gasteiger partial charge in [0.2, 0.25) is 5.91 Å². The highest BCUT2D eigenvalue weighted by molar-refractivity contribution is 5.91. The van der Waals surface area contributed by atoms with Crippen LogP contribution >= 0.6 is 0 Å². The molecule has 0 spiro atoms. The summed E-state index contributed by atoms with van der Waals surface area (Å²) in [6.07, 6.45) is 10.5. The first-order valence-corrected chi connectivity index (χ1v) is 8.08. The van der Waals surface area contributed by atoms with Gasteiger partial charge in [0.25, 0.3) is 0 Å². The highest BCUT2D eigenvalue weighted by Gasteiger charge is 2.19. The van der Waals surface area contributed by atoms with Gasteiger partial charge in [-0.25, -0.2) is 4.98 Å². The number of amides is 1. The molecular weight excluding hydrogens is 290 g/mol. The number of hydrogen-bond donors (Lipinski definition) is 1. The van der Waals surface area contributed by atoms with E-state index in [9.17, 15) is 4.79 Å². The van der Waals surface area contributed by atoms with Crippen LogP contribution in [0.1, 0.15) is 37.7 Å². The SMILES string of the molecule is O=C(CC1CCCC1)Nc1ncccc1OCc1ccncc1. The summed E-state index contributed by atoms with van der Waals surface area (Å²) in [5, 5.41) is 2.89. The quantitative estimate of drug-likeness (QED) is 0.885. The number of nitrogens with zero attached hydrogens (tertiary/aromatic N) is 2. The molecule has 1 saturated carbocycles. The predicted octanol–water partition coefficient (Wildman–Crippen LogP) is 3.57. The van der Waals surface area contributed by atoms with Crippen LogP contribution in [0.4, 0.5) is 5.82 Å². The molecule has 1 fully saturated rings. The lowest BCUT2D eigenvalue weighted by atomic mass is 10.0. The van der Waals surface area contributed by atoms with Crippen molar-refractivity contribution in [2.45, 2.75) is 38.7 Å². The number of hydrogen-bond acceptors (Lipinski definition) is 4. The third kappa shape index (κ3) is 4.52. The van der Waals surface area contributed by atoms with Gasteiger partial charge in [-0.1, -0.05) is 12.8 Å². The molecule has 1 N–H and O–H groups in total. The van der Waals surface area contributed by atoms with E-state index in [0.29, 0.717) is 30.5 Å². The van der Waals surface area contributed by atoms with Gasteiger partial charge in [0.1, 0.15) is 6.61 Å². The number of aromatic nitrogens is 2. The second-order valence-electron chi connectivity index (χ2n) is 5.90. The lowest BCUT2D eigenvalue weighted by Crippen LogP contribution is -2.16. The normalized spacial score (nSPS) is 14.6. The fourth-order valence-electron chi connectivity index (χ4n) is 2.90. The van der Waals surface area contributed by atoms with Crippen LogP contribution < -0.4 is 10.1 Å². The Kier molecular flexibility index (Phi) is 5.19. The van der Waals surface area contributed by atoms with Crippen LogP contribution in [0.3, 0.4) is 0 Å². The van der Waals surface area contributed by atoms with Crippen LogP contribution in [-0.2, 0) is 11.4 Å². The van der Waals surface area contributed by atoms with Crippen LogP contribution in [-0.4, -0.2) is 15.9 Å². The van der Waals surface area contributed by atoms with E-state index in [1.807, 2.05) is 18.2 Å². The molecular formula is C18H21N3O2. The van der Waals surface area contributed by atoms with Gasteiger partial charge in [-0.05, 0) is 48.6 Å². The Morgan fingerprint density at radius 1 is 1.17 bits per heavy atom. The maximum Gasteiger partial charge on any atom is 0.225 e. The number of pyridine rings is 2. The Hall–Kier alpha value is -2.43. The third-order valence-electron chi connectivity index (χ3n) is 4.12. The molecule has 5 nitrogen and oxygen atoms in total. The van der Waals surface area contributed by atoms with E-state index in [4.69, 9.17) is 4.74 Å². The van der Waals surface area contributed by atoms with Crippen LogP contribution in [0.2, 0.25) is 0 Å². The lowest BCUT2D eigenvalue weighted by molar-refractivity contribution is -0.117. The minimum atomic E-state index is 0.0179. The highest BCUT2D eigenvalue weighted by atomic mass is 16.5. The summed E-state index contributed by atoms with van der Waals surface area (Å²) in [5.41, 5.74) is 1.02. The minimum absolute atomic E-state index is 0.0179. The van der Waals surface area contributed by atoms with Crippen LogP contribution in [0.25, 0.3) is 0 Å². The van der Waals surface area contributed by atoms with E-state index < -0.39 is 0 Å². The van der Waals surface area contributed by atoms with Gasteiger partial charge in [0, 0.05) is 25.0 Å². The minimum Gasteiger partial charge on any atom is -0.485 e. The molecule has 0 aliphatic heterocycles. The molecule has 2 heterocycles. The van der Waals surface area contributed by atoms with E-state index in [2.05, 4.69) is 15.3 Å². The standard InChI is InChI=1S/C18H21N3O2/c22-17(12-14-4-1-2-5-14)21-18-16(6-3-9-20-18)23-13-15-7-10-19-11-8-15/h3,6-11,14H,1-2,4-5,12-13H2,(H,20,21,22). The van der Waals surface area contributed by atoms with Crippen molar-refractivity contribution in [2.75, 3.05) is 5.32 Å². The molecule has 3 rings (SSSR count). The summed E-state index contributed by atoms with van der Waals surface area (Å²) in [4.78, 5) is 20.4. The first-order chi connectivity index (χ1) is 11.3. The van der Waals surface area contributed by atoms with Crippen LogP contribution in [0, 0.1) is 5.92 Å². The molecule has 1 aliphatic rings. The zero-order valence-corrected chi connectivity index (χ0v) is 13.1. The topological polar surface area (TPSA) is 64.1 Å². The summed E-state index contributed by atoms with van der Waals surface area (Å²) in [6.45, 7) is 0.416. The molecule has 2 aromatic heterocycles. The second-order valence-corrected chi connectivity index (χ2v) is 5.90. The smallest absolute Gasteiger partial charge is 0.225 e. The Morgan fingerprint density at radius 2 is 1.96 bits per heavy atom. The van der Waals surface area contributed by atoms with E-state index in [-0.39, 0.29) is 5.91 Å². The molecule has 0 radical (unpaired) electrons. The Labute approximate surface area is 136 Å². The van der Waals surface area contributed by atoms with Gasteiger partial charge in [0.15, 0.2) is 11.6 Å². The average molecular weight is 311 g/mol. The van der Waals surface area contributed by atoms with Crippen LogP contribution in [0.5, 0.6) is 5.75 Å². The fourth-order valence-corrected chi connectivity index (χ4v) is 2.90. The highest BCUT2D eigenvalue weighted by Crippen LogP contribution is 2.28. The Morgan fingerprint density at radius 3 is 2.74 bits per heavy atom. The Balaban J connectivity index is 1.59. The number of nitrogens with one attached hydrogen (secondary N) is 1. The molecule has 0 unspecified atom stereocenters. The zero-order chi connectivity index (χ0) is 15.9. The predicted molar refractivity (Wildman–Crippen MR) is 88.0 cm³/mol. The average Bonchev–Trinajstić information content (AvgIpc) is 3.08. The molecule has 1 aliphatic carbocycles. The van der Waals surface area contributed by atoms with Crippen molar-refractivity contribution in [1.29, 1.82) is 0 Å². The monoisotopic (exact) mass is 311 g/mol. The zero-order valence-electron chi connectivity index (χ0n) is 13.1. The van der Waals surface area contributed by atoms with Crippen molar-refractivity contribution in [1.82, 2.24) is 9.97 Å². The van der Waals surface area contributed by atoms with Crippen molar-refractivity contribution in [3.63, 3.8) is 0 Å². The second kappa shape index (κ2) is 7.72. The Bertz CT molecular complexity index is 640. The fraction of sp³-hybridized carbons (Fsp3) is 0.389. The number of carbonyl (C=O) groups excluding carboxylic acids is 1. The maximum absolute atomic E-state index is 12.2. The van der Waals surface area contributed by atoms with E-state index >= 15 is 0 Å². The summed E-state index contributed by atoms with van der Waals surface area (Å²) < 4.78 is 5.79. The summed E-state index contributed by atoms with van der Waals surface area (Å²) in [5.74, 6) is 1.61. The van der Waals surface area contributed by atoms with Gasteiger partial charge in [0.05, 0.1) is 0 Å². The van der Waals surface area contributed by atoms with Gasteiger partial charge in [-0.3, -0.25) is 9.78 Å². The molecule has 0 bridgehead atoms. The molecule has 0 atom stereocenters. The molecule has 5 heteroatoms. The van der Waals surface area contributed by atoms with Crippen molar-refractivity contribution >= 4 is 11.7 Å². The van der Waals surface area contributed by atoms with Gasteiger partial charge in [-0.15, -0.1) is 0 Å². The van der Waals surface area contributed by atoms with Gasteiger partial charge < -0.3 is 10.1 Å². The molecule has 0 aromatic carbocycles. The van der Waals surface area contributed by atoms with Crippen LogP contribution in [0.15, 0.2) is 42.9 Å². The van der Waals surface area contributed by atoms with E-state index in [0.717, 1.165) is 18.4 Å². The lowest BCUT2D eigenvalue weighted by Gasteiger charge is -2.13. The first-order valence-electron chi connectivity index (χ1n) is 8.08. The van der Waals surface area contributed by atoms with E-state index in [1.54, 1.807) is 24.7 Å². The van der Waals surface area contributed by atoms with Crippen molar-refractivity contribution < 1.29 is 9.53 Å². The van der Waals surface area contributed by atoms with E-state index in [1.165, 1.54) is 12.8 Å². The molecule has 2 aromatic rings. The maximum atomic E-state index is 12.2. The van der Waals surface area contributed by atoms with Crippen molar-refractivity contribution in [3.05, 3.63) is 48.4 Å². The molecule has 0 saturated heterocycles. The van der Waals surface area contributed by atoms with Crippen molar-refractivity contribution in [2.24, 2.45) is 5.92 Å². The number of anilines is 1. The number of rotatable bonds is 6. The molecule has 1 amide bonds. The summed E-state index contributed by atoms with van der Waals surface area (Å²) >= 11 is 0. The molecule has 120 valence electrons. The van der Waals surface area contributed by atoms with Crippen molar-refractivity contribution in [3.8, 4) is 5.75 Å². The summed E-state index contributed by atoms with van der Waals surface area (Å²) in [7, 11) is 0. The number of ether oxygens (including phenoxy) is 1. The number of carbonyl (C=O) groups is 1. The van der Waals surface area contributed by atoms with Gasteiger partial charge >= 0.3 is 0 Å². The largest absolute Gasteiger partial charge is 0.485 e. The van der Waals surface area contributed by atoms with Gasteiger partial charge in [-0.2, -0.15) is 0 Å². The summed E-state index contributed by atoms with van der Waals surface area (Å²) in [6, 6.07) is 7.41. The third-order valence-corrected chi connectivity index (χ3v) is 4.12. The molecule has 23 heavy (non-hydrogen) atoms.